The number of nitrogens with one attached hydrogen (secondary N) is 2. The number of nitro benzene ring substituents is 1. The van der Waals surface area contributed by atoms with E-state index in [4.69, 9.17) is 0 Å². The number of nitro groups is 1. The Kier molecular flexibility index (Phi) is 6.11. The molecule has 2 aromatic rings. The zero-order valence-corrected chi connectivity index (χ0v) is 16.6. The smallest absolute Gasteiger partial charge is 0.308 e. The van der Waals surface area contributed by atoms with Gasteiger partial charge in [-0.2, -0.15) is 4.31 Å². The molecule has 0 atom stereocenters. The summed E-state index contributed by atoms with van der Waals surface area (Å²) in [5, 5.41) is 15.8. The van der Waals surface area contributed by atoms with Gasteiger partial charge in [0.05, 0.1) is 9.82 Å². The first-order valence-corrected chi connectivity index (χ1v) is 10.3. The molecule has 11 heteroatoms. The average molecular weight is 419 g/mol. The number of hydrogen-bond donors (Lipinski definition) is 2. The molecule has 1 heterocycles. The molecule has 10 nitrogen and oxygen atoms in total. The summed E-state index contributed by atoms with van der Waals surface area (Å²) in [7, 11) is -1.62. The Morgan fingerprint density at radius 2 is 1.41 bits per heavy atom. The van der Waals surface area contributed by atoms with Crippen molar-refractivity contribution in [1.82, 2.24) is 9.21 Å². The molecule has 3 rings (SSSR count). The van der Waals surface area contributed by atoms with E-state index in [1.165, 1.54) is 52.8 Å². The molecule has 2 aromatic carbocycles. The minimum Gasteiger partial charge on any atom is -0.308 e. The van der Waals surface area contributed by atoms with Gasteiger partial charge in [-0.05, 0) is 43.4 Å². The number of benzene rings is 2. The van der Waals surface area contributed by atoms with Crippen LogP contribution in [0.3, 0.4) is 0 Å². The third-order valence-electron chi connectivity index (χ3n) is 4.55. The molecule has 154 valence electrons. The summed E-state index contributed by atoms with van der Waals surface area (Å²) in [4.78, 5) is 24.4. The van der Waals surface area contributed by atoms with Crippen LogP contribution in [0.25, 0.3) is 0 Å². The van der Waals surface area contributed by atoms with Gasteiger partial charge in [-0.3, -0.25) is 10.1 Å². The molecule has 0 aliphatic carbocycles. The molecule has 0 bridgehead atoms. The lowest BCUT2D eigenvalue weighted by Crippen LogP contribution is -2.46. The third kappa shape index (κ3) is 5.08. The molecule has 0 spiro atoms. The number of urea groups is 1. The molecule has 1 saturated heterocycles. The Morgan fingerprint density at radius 1 is 0.931 bits per heavy atom. The van der Waals surface area contributed by atoms with Crippen molar-refractivity contribution < 1.29 is 18.1 Å². The van der Waals surface area contributed by atoms with E-state index in [0.717, 1.165) is 0 Å². The number of amides is 2. The molecule has 2 amide bonds. The van der Waals surface area contributed by atoms with Crippen LogP contribution in [0.5, 0.6) is 0 Å². The van der Waals surface area contributed by atoms with Crippen LogP contribution in [-0.2, 0) is 10.0 Å². The Hall–Kier alpha value is -3.02. The maximum absolute atomic E-state index is 12.7. The van der Waals surface area contributed by atoms with Crippen molar-refractivity contribution in [2.45, 2.75) is 4.90 Å². The second-order valence-electron chi connectivity index (χ2n) is 6.61. The lowest BCUT2D eigenvalue weighted by Gasteiger charge is -2.31. The predicted octanol–water partition coefficient (Wildman–Crippen LogP) is 2.17. The highest BCUT2D eigenvalue weighted by Crippen LogP contribution is 2.20. The van der Waals surface area contributed by atoms with Crippen LogP contribution in [0, 0.1) is 10.1 Å². The number of sulfonamides is 1. The van der Waals surface area contributed by atoms with Crippen molar-refractivity contribution in [3.8, 4) is 0 Å². The number of carbonyl (C=O) groups excluding carboxylic acids is 1. The quantitative estimate of drug-likeness (QED) is 0.565. The van der Waals surface area contributed by atoms with Crippen LogP contribution in [0.4, 0.5) is 21.9 Å². The summed E-state index contributed by atoms with van der Waals surface area (Å²) < 4.78 is 26.9. The van der Waals surface area contributed by atoms with E-state index in [1.54, 1.807) is 0 Å². The van der Waals surface area contributed by atoms with E-state index in [0.29, 0.717) is 37.6 Å². The van der Waals surface area contributed by atoms with Gasteiger partial charge in [-0.25, -0.2) is 13.2 Å². The number of piperazine rings is 1. The molecular weight excluding hydrogens is 398 g/mol. The molecule has 0 saturated carbocycles. The average Bonchev–Trinajstić information content (AvgIpc) is 2.69. The Balaban J connectivity index is 1.61. The first-order valence-electron chi connectivity index (χ1n) is 8.87. The fourth-order valence-electron chi connectivity index (χ4n) is 2.85. The van der Waals surface area contributed by atoms with Crippen molar-refractivity contribution in [2.75, 3.05) is 43.9 Å². The largest absolute Gasteiger partial charge is 0.323 e. The third-order valence-corrected chi connectivity index (χ3v) is 6.46. The number of nitrogens with zero attached hydrogens (tertiary/aromatic N) is 3. The number of rotatable bonds is 5. The van der Waals surface area contributed by atoms with Gasteiger partial charge in [-0.15, -0.1) is 0 Å². The summed E-state index contributed by atoms with van der Waals surface area (Å²) in [6.45, 7) is 2.25. The van der Waals surface area contributed by atoms with Gasteiger partial charge in [-0.1, -0.05) is 0 Å². The normalized spacial score (nSPS) is 15.6. The zero-order valence-electron chi connectivity index (χ0n) is 15.7. The van der Waals surface area contributed by atoms with Crippen LogP contribution in [0.2, 0.25) is 0 Å². The molecule has 2 N–H and O–H groups in total. The van der Waals surface area contributed by atoms with Crippen LogP contribution in [-0.4, -0.2) is 61.8 Å². The van der Waals surface area contributed by atoms with Gasteiger partial charge >= 0.3 is 6.03 Å². The number of anilines is 2. The van der Waals surface area contributed by atoms with Crippen molar-refractivity contribution in [2.24, 2.45) is 0 Å². The monoisotopic (exact) mass is 419 g/mol. The lowest BCUT2D eigenvalue weighted by atomic mass is 10.3. The predicted molar refractivity (Wildman–Crippen MR) is 108 cm³/mol. The Labute approximate surface area is 168 Å². The van der Waals surface area contributed by atoms with Gasteiger partial charge in [0.1, 0.15) is 0 Å². The van der Waals surface area contributed by atoms with Crippen LogP contribution in [0.15, 0.2) is 53.4 Å². The topological polar surface area (TPSA) is 125 Å². The van der Waals surface area contributed by atoms with Crippen LogP contribution in [0.1, 0.15) is 0 Å². The van der Waals surface area contributed by atoms with Gasteiger partial charge in [0.2, 0.25) is 10.0 Å². The highest BCUT2D eigenvalue weighted by molar-refractivity contribution is 7.89. The number of non-ortho nitro benzene ring substituents is 1. The summed E-state index contributed by atoms with van der Waals surface area (Å²) in [6, 6.07) is 10.8. The lowest BCUT2D eigenvalue weighted by molar-refractivity contribution is -0.384. The fraction of sp³-hybridized carbons (Fsp3) is 0.278. The maximum atomic E-state index is 12.7. The second kappa shape index (κ2) is 8.55. The highest BCUT2D eigenvalue weighted by Gasteiger charge is 2.27. The Bertz CT molecular complexity index is 984. The van der Waals surface area contributed by atoms with Gasteiger partial charge in [0, 0.05) is 49.7 Å². The summed E-state index contributed by atoms with van der Waals surface area (Å²) in [6.07, 6.45) is 0. The summed E-state index contributed by atoms with van der Waals surface area (Å²) >= 11 is 0. The molecule has 0 aromatic heterocycles. The second-order valence-corrected chi connectivity index (χ2v) is 8.55. The number of likely N-dealkylation sites (N-methyl/N-ethyl adjacent to an activating group) is 1. The molecule has 1 fully saturated rings. The van der Waals surface area contributed by atoms with E-state index in [-0.39, 0.29) is 10.6 Å². The van der Waals surface area contributed by atoms with Crippen LogP contribution >= 0.6 is 0 Å². The summed E-state index contributed by atoms with van der Waals surface area (Å²) in [5.41, 5.74) is 0.734. The van der Waals surface area contributed by atoms with E-state index in [9.17, 15) is 23.3 Å². The standard InChI is InChI=1S/C18H21N5O5S/c1-21-10-12-22(13-11-21)29(27,28)17-8-4-15(5-9-17)20-18(24)19-14-2-6-16(7-3-14)23(25)26/h2-9H,10-13H2,1H3,(H2,19,20,24). The van der Waals surface area contributed by atoms with Crippen molar-refractivity contribution in [3.05, 3.63) is 58.6 Å². The van der Waals surface area contributed by atoms with E-state index < -0.39 is 21.0 Å². The fourth-order valence-corrected chi connectivity index (χ4v) is 4.27. The molecule has 1 aliphatic heterocycles. The van der Waals surface area contributed by atoms with E-state index in [1.807, 2.05) is 7.05 Å². The first-order chi connectivity index (χ1) is 13.8. The molecule has 0 radical (unpaired) electrons. The van der Waals surface area contributed by atoms with Crippen LogP contribution < -0.4 is 10.6 Å². The first kappa shape index (κ1) is 20.7. The van der Waals surface area contributed by atoms with Gasteiger partial charge < -0.3 is 15.5 Å². The molecular formula is C18H21N5O5S. The zero-order chi connectivity index (χ0) is 21.0. The SMILES string of the molecule is CN1CCN(S(=O)(=O)c2ccc(NC(=O)Nc3ccc([N+](=O)[O-])cc3)cc2)CC1. The molecule has 1 aliphatic rings. The maximum Gasteiger partial charge on any atom is 0.323 e. The van der Waals surface area contributed by atoms with Crippen molar-refractivity contribution in [3.63, 3.8) is 0 Å². The Morgan fingerprint density at radius 3 is 1.90 bits per heavy atom. The van der Waals surface area contributed by atoms with E-state index in [2.05, 4.69) is 15.5 Å². The van der Waals surface area contributed by atoms with E-state index >= 15 is 0 Å². The minimum atomic E-state index is -3.57. The van der Waals surface area contributed by atoms with Crippen molar-refractivity contribution in [1.29, 1.82) is 0 Å². The number of hydrogen-bond acceptors (Lipinski definition) is 6. The van der Waals surface area contributed by atoms with Gasteiger partial charge in [0.15, 0.2) is 0 Å². The molecule has 29 heavy (non-hydrogen) atoms. The van der Waals surface area contributed by atoms with Gasteiger partial charge in [0.25, 0.3) is 5.69 Å². The number of carbonyl (C=O) groups is 1. The van der Waals surface area contributed by atoms with Crippen molar-refractivity contribution >= 4 is 33.1 Å². The molecule has 0 unspecified atom stereocenters. The summed E-state index contributed by atoms with van der Waals surface area (Å²) in [5.74, 6) is 0. The minimum absolute atomic E-state index is 0.0758. The highest BCUT2D eigenvalue weighted by atomic mass is 32.2.